The van der Waals surface area contributed by atoms with Gasteiger partial charge in [-0.2, -0.15) is 0 Å². The highest BCUT2D eigenvalue weighted by molar-refractivity contribution is 5.99. The fraction of sp³-hybridized carbons (Fsp3) is 0.556. The minimum absolute atomic E-state index is 0.210. The van der Waals surface area contributed by atoms with Crippen molar-refractivity contribution in [3.8, 4) is 0 Å². The Kier molecular flexibility index (Phi) is 4.66. The minimum atomic E-state index is -0.856. The summed E-state index contributed by atoms with van der Waals surface area (Å²) in [5.74, 6) is -0.632. The van der Waals surface area contributed by atoms with E-state index in [-0.39, 0.29) is 5.91 Å². The Labute approximate surface area is 137 Å². The van der Waals surface area contributed by atoms with E-state index in [0.717, 1.165) is 32.5 Å². The SMILES string of the molecule is NC(=O)C1(NC(=O)c2ccc(CN3CCCC3)cc2)CCCC1. The number of nitrogens with zero attached hydrogens (tertiary/aromatic N) is 1. The van der Waals surface area contributed by atoms with E-state index in [1.807, 2.05) is 24.3 Å². The van der Waals surface area contributed by atoms with E-state index < -0.39 is 11.4 Å². The van der Waals surface area contributed by atoms with Crippen LogP contribution >= 0.6 is 0 Å². The Balaban J connectivity index is 1.64. The highest BCUT2D eigenvalue weighted by atomic mass is 16.2. The van der Waals surface area contributed by atoms with Crippen molar-refractivity contribution in [2.24, 2.45) is 5.73 Å². The largest absolute Gasteiger partial charge is 0.368 e. The third-order valence-electron chi connectivity index (χ3n) is 5.10. The van der Waals surface area contributed by atoms with Crippen LogP contribution in [0.25, 0.3) is 0 Å². The third-order valence-corrected chi connectivity index (χ3v) is 5.10. The highest BCUT2D eigenvalue weighted by Gasteiger charge is 2.40. The zero-order valence-electron chi connectivity index (χ0n) is 13.5. The first kappa shape index (κ1) is 16.0. The summed E-state index contributed by atoms with van der Waals surface area (Å²) in [7, 11) is 0. The van der Waals surface area contributed by atoms with Gasteiger partial charge in [-0.25, -0.2) is 0 Å². The average Bonchev–Trinajstić information content (AvgIpc) is 3.20. The van der Waals surface area contributed by atoms with Gasteiger partial charge in [-0.1, -0.05) is 25.0 Å². The molecule has 5 nitrogen and oxygen atoms in total. The maximum absolute atomic E-state index is 12.4. The zero-order chi connectivity index (χ0) is 16.3. The maximum Gasteiger partial charge on any atom is 0.252 e. The Bertz CT molecular complexity index is 570. The Morgan fingerprint density at radius 3 is 2.22 bits per heavy atom. The van der Waals surface area contributed by atoms with Gasteiger partial charge in [-0.05, 0) is 56.5 Å². The number of rotatable bonds is 5. The maximum atomic E-state index is 12.4. The van der Waals surface area contributed by atoms with E-state index in [9.17, 15) is 9.59 Å². The molecular formula is C18H25N3O2. The first-order chi connectivity index (χ1) is 11.1. The van der Waals surface area contributed by atoms with Crippen molar-refractivity contribution in [2.75, 3.05) is 13.1 Å². The summed E-state index contributed by atoms with van der Waals surface area (Å²) < 4.78 is 0. The van der Waals surface area contributed by atoms with Crippen LogP contribution in [0, 0.1) is 0 Å². The molecule has 2 aliphatic rings. The standard InChI is InChI=1S/C18H25N3O2/c19-17(23)18(9-1-2-10-18)20-16(22)15-7-5-14(6-8-15)13-21-11-3-4-12-21/h5-8H,1-4,9-13H2,(H2,19,23)(H,20,22). The highest BCUT2D eigenvalue weighted by Crippen LogP contribution is 2.29. The smallest absolute Gasteiger partial charge is 0.252 e. The predicted molar refractivity (Wildman–Crippen MR) is 88.8 cm³/mol. The summed E-state index contributed by atoms with van der Waals surface area (Å²) in [6.07, 6.45) is 5.68. The van der Waals surface area contributed by atoms with Crippen LogP contribution in [0.5, 0.6) is 0 Å². The first-order valence-electron chi connectivity index (χ1n) is 8.53. The van der Waals surface area contributed by atoms with Crippen LogP contribution < -0.4 is 11.1 Å². The second kappa shape index (κ2) is 6.71. The van der Waals surface area contributed by atoms with Crippen molar-refractivity contribution in [1.82, 2.24) is 10.2 Å². The van der Waals surface area contributed by atoms with Crippen molar-refractivity contribution in [1.29, 1.82) is 0 Å². The molecule has 3 rings (SSSR count). The lowest BCUT2D eigenvalue weighted by Crippen LogP contribution is -2.55. The molecule has 1 aromatic carbocycles. The van der Waals surface area contributed by atoms with Crippen LogP contribution in [0.15, 0.2) is 24.3 Å². The van der Waals surface area contributed by atoms with Gasteiger partial charge in [0, 0.05) is 12.1 Å². The van der Waals surface area contributed by atoms with Gasteiger partial charge in [0.2, 0.25) is 5.91 Å². The van der Waals surface area contributed by atoms with E-state index in [0.29, 0.717) is 18.4 Å². The molecular weight excluding hydrogens is 290 g/mol. The molecule has 2 fully saturated rings. The van der Waals surface area contributed by atoms with Crippen molar-refractivity contribution < 1.29 is 9.59 Å². The molecule has 1 saturated heterocycles. The number of hydrogen-bond donors (Lipinski definition) is 2. The number of amides is 2. The fourth-order valence-corrected chi connectivity index (χ4v) is 3.66. The quantitative estimate of drug-likeness (QED) is 0.870. The number of benzene rings is 1. The monoisotopic (exact) mass is 315 g/mol. The summed E-state index contributed by atoms with van der Waals surface area (Å²) in [6.45, 7) is 3.25. The summed E-state index contributed by atoms with van der Waals surface area (Å²) in [4.78, 5) is 26.6. The van der Waals surface area contributed by atoms with Crippen LogP contribution in [0.4, 0.5) is 0 Å². The van der Waals surface area contributed by atoms with Gasteiger partial charge in [-0.15, -0.1) is 0 Å². The normalized spacial score (nSPS) is 20.5. The van der Waals surface area contributed by atoms with Gasteiger partial charge in [-0.3, -0.25) is 14.5 Å². The zero-order valence-corrected chi connectivity index (χ0v) is 13.5. The number of nitrogens with one attached hydrogen (secondary N) is 1. The summed E-state index contributed by atoms with van der Waals surface area (Å²) in [6, 6.07) is 7.67. The van der Waals surface area contributed by atoms with Crippen LogP contribution in [0.2, 0.25) is 0 Å². The van der Waals surface area contributed by atoms with Crippen LogP contribution in [-0.2, 0) is 11.3 Å². The molecule has 0 radical (unpaired) electrons. The summed E-state index contributed by atoms with van der Waals surface area (Å²) in [5.41, 5.74) is 6.46. The second-order valence-electron chi connectivity index (χ2n) is 6.79. The van der Waals surface area contributed by atoms with E-state index in [4.69, 9.17) is 5.73 Å². The van der Waals surface area contributed by atoms with Crippen molar-refractivity contribution >= 4 is 11.8 Å². The number of hydrogen-bond acceptors (Lipinski definition) is 3. The number of primary amides is 1. The third kappa shape index (κ3) is 3.55. The minimum Gasteiger partial charge on any atom is -0.368 e. The van der Waals surface area contributed by atoms with Gasteiger partial charge >= 0.3 is 0 Å². The Hall–Kier alpha value is -1.88. The Morgan fingerprint density at radius 2 is 1.65 bits per heavy atom. The fourth-order valence-electron chi connectivity index (χ4n) is 3.66. The van der Waals surface area contributed by atoms with E-state index in [2.05, 4.69) is 10.2 Å². The second-order valence-corrected chi connectivity index (χ2v) is 6.79. The van der Waals surface area contributed by atoms with E-state index >= 15 is 0 Å². The van der Waals surface area contributed by atoms with Crippen molar-refractivity contribution in [3.05, 3.63) is 35.4 Å². The number of carbonyl (C=O) groups is 2. The molecule has 2 amide bonds. The first-order valence-corrected chi connectivity index (χ1v) is 8.53. The molecule has 0 spiro atoms. The molecule has 1 aromatic rings. The van der Waals surface area contributed by atoms with Crippen LogP contribution in [0.3, 0.4) is 0 Å². The van der Waals surface area contributed by atoms with E-state index in [1.165, 1.54) is 18.4 Å². The molecule has 5 heteroatoms. The molecule has 1 heterocycles. The molecule has 1 saturated carbocycles. The van der Waals surface area contributed by atoms with Crippen molar-refractivity contribution in [2.45, 2.75) is 50.6 Å². The molecule has 1 aliphatic heterocycles. The van der Waals surface area contributed by atoms with E-state index in [1.54, 1.807) is 0 Å². The van der Waals surface area contributed by atoms with Gasteiger partial charge in [0.05, 0.1) is 0 Å². The molecule has 0 unspecified atom stereocenters. The topological polar surface area (TPSA) is 75.4 Å². The molecule has 23 heavy (non-hydrogen) atoms. The lowest BCUT2D eigenvalue weighted by Gasteiger charge is -2.26. The average molecular weight is 315 g/mol. The van der Waals surface area contributed by atoms with Crippen molar-refractivity contribution in [3.63, 3.8) is 0 Å². The molecule has 0 atom stereocenters. The summed E-state index contributed by atoms with van der Waals surface area (Å²) >= 11 is 0. The van der Waals surface area contributed by atoms with Gasteiger partial charge in [0.25, 0.3) is 5.91 Å². The number of nitrogens with two attached hydrogens (primary N) is 1. The number of carbonyl (C=O) groups excluding carboxylic acids is 2. The van der Waals surface area contributed by atoms with Crippen LogP contribution in [-0.4, -0.2) is 35.3 Å². The predicted octanol–water partition coefficient (Wildman–Crippen LogP) is 1.81. The lowest BCUT2D eigenvalue weighted by atomic mass is 9.96. The van der Waals surface area contributed by atoms with Crippen LogP contribution in [0.1, 0.15) is 54.4 Å². The van der Waals surface area contributed by atoms with Gasteiger partial charge < -0.3 is 11.1 Å². The molecule has 1 aliphatic carbocycles. The van der Waals surface area contributed by atoms with Gasteiger partial charge in [0.15, 0.2) is 0 Å². The molecule has 3 N–H and O–H groups in total. The Morgan fingerprint density at radius 1 is 1.04 bits per heavy atom. The molecule has 0 bridgehead atoms. The molecule has 124 valence electrons. The lowest BCUT2D eigenvalue weighted by molar-refractivity contribution is -0.123. The molecule has 0 aromatic heterocycles. The van der Waals surface area contributed by atoms with Gasteiger partial charge in [0.1, 0.15) is 5.54 Å². The summed E-state index contributed by atoms with van der Waals surface area (Å²) in [5, 5.41) is 2.88. The number of likely N-dealkylation sites (tertiary alicyclic amines) is 1.